The molecule has 1 saturated heterocycles. The first-order chi connectivity index (χ1) is 9.58. The summed E-state index contributed by atoms with van der Waals surface area (Å²) in [6.07, 6.45) is -0.549. The summed E-state index contributed by atoms with van der Waals surface area (Å²) in [4.78, 5) is 24.4. The normalized spacial score (nSPS) is 18.6. The number of amides is 1. The number of benzene rings is 1. The number of rotatable bonds is 4. The lowest BCUT2D eigenvalue weighted by Crippen LogP contribution is -2.43. The third kappa shape index (κ3) is 3.55. The number of likely N-dealkylation sites (N-methyl/N-ethyl adjacent to an activating group) is 1. The van der Waals surface area contributed by atoms with Crippen molar-refractivity contribution in [2.24, 2.45) is 0 Å². The zero-order valence-electron chi connectivity index (χ0n) is 11.2. The number of hydrogen-bond acceptors (Lipinski definition) is 4. The van der Waals surface area contributed by atoms with Crippen LogP contribution in [0.1, 0.15) is 15.9 Å². The van der Waals surface area contributed by atoms with Gasteiger partial charge in [0.2, 0.25) is 0 Å². The van der Waals surface area contributed by atoms with Gasteiger partial charge in [0.1, 0.15) is 0 Å². The Labute approximate surface area is 116 Å². The van der Waals surface area contributed by atoms with Crippen molar-refractivity contribution in [2.45, 2.75) is 12.6 Å². The van der Waals surface area contributed by atoms with E-state index in [1.807, 2.05) is 0 Å². The molecule has 0 bridgehead atoms. The van der Waals surface area contributed by atoms with Crippen LogP contribution in [0, 0.1) is 0 Å². The van der Waals surface area contributed by atoms with Gasteiger partial charge in [-0.15, -0.1) is 0 Å². The van der Waals surface area contributed by atoms with Gasteiger partial charge in [-0.25, -0.2) is 4.79 Å². The molecule has 1 unspecified atom stereocenters. The van der Waals surface area contributed by atoms with Crippen LogP contribution in [0.15, 0.2) is 24.3 Å². The molecule has 0 saturated carbocycles. The first-order valence-corrected chi connectivity index (χ1v) is 6.34. The van der Waals surface area contributed by atoms with Crippen molar-refractivity contribution in [2.75, 3.05) is 26.9 Å². The maximum atomic E-state index is 12.1. The van der Waals surface area contributed by atoms with E-state index < -0.39 is 12.1 Å². The Balaban J connectivity index is 1.94. The second-order valence-corrected chi connectivity index (χ2v) is 4.63. The summed E-state index contributed by atoms with van der Waals surface area (Å²) in [5, 5.41) is 8.82. The molecule has 1 aromatic rings. The Bertz CT molecular complexity index is 479. The fourth-order valence-corrected chi connectivity index (χ4v) is 1.98. The van der Waals surface area contributed by atoms with Crippen LogP contribution in [0.25, 0.3) is 0 Å². The standard InChI is InChI=1S/C14H17NO5/c1-15(13(16)12-9-19-6-7-20-12)8-10-2-4-11(5-3-10)14(17)18/h2-5,12H,6-9H2,1H3,(H,17,18). The van der Waals surface area contributed by atoms with Crippen molar-refractivity contribution < 1.29 is 24.2 Å². The van der Waals surface area contributed by atoms with Crippen LogP contribution in [-0.2, 0) is 20.8 Å². The number of nitrogens with zero attached hydrogens (tertiary/aromatic N) is 1. The van der Waals surface area contributed by atoms with Crippen molar-refractivity contribution in [3.8, 4) is 0 Å². The van der Waals surface area contributed by atoms with Gasteiger partial charge in [0.15, 0.2) is 6.10 Å². The van der Waals surface area contributed by atoms with Crippen LogP contribution in [0.5, 0.6) is 0 Å². The van der Waals surface area contributed by atoms with Gasteiger partial charge >= 0.3 is 5.97 Å². The first kappa shape index (κ1) is 14.5. The molecule has 1 aliphatic heterocycles. The Morgan fingerprint density at radius 3 is 2.55 bits per heavy atom. The van der Waals surface area contributed by atoms with Gasteiger partial charge in [-0.1, -0.05) is 12.1 Å². The van der Waals surface area contributed by atoms with Gasteiger partial charge in [-0.2, -0.15) is 0 Å². The summed E-state index contributed by atoms with van der Waals surface area (Å²) in [7, 11) is 1.69. The first-order valence-electron chi connectivity index (χ1n) is 6.34. The summed E-state index contributed by atoms with van der Waals surface area (Å²) in [5.74, 6) is -1.10. The minimum absolute atomic E-state index is 0.132. The van der Waals surface area contributed by atoms with Crippen LogP contribution in [0.4, 0.5) is 0 Å². The van der Waals surface area contributed by atoms with Gasteiger partial charge < -0.3 is 19.5 Å². The van der Waals surface area contributed by atoms with Crippen molar-refractivity contribution in [1.29, 1.82) is 0 Å². The Kier molecular flexibility index (Phi) is 4.70. The van der Waals surface area contributed by atoms with Crippen LogP contribution in [0.2, 0.25) is 0 Å². The highest BCUT2D eigenvalue weighted by atomic mass is 16.6. The van der Waals surface area contributed by atoms with E-state index in [-0.39, 0.29) is 18.1 Å². The van der Waals surface area contributed by atoms with E-state index in [2.05, 4.69) is 0 Å². The smallest absolute Gasteiger partial charge is 0.335 e. The summed E-state index contributed by atoms with van der Waals surface area (Å²) in [6, 6.07) is 6.45. The molecule has 1 aliphatic rings. The number of ether oxygens (including phenoxy) is 2. The molecular formula is C14H17NO5. The van der Waals surface area contributed by atoms with E-state index in [0.717, 1.165) is 5.56 Å². The molecule has 0 radical (unpaired) electrons. The van der Waals surface area contributed by atoms with Crippen LogP contribution in [-0.4, -0.2) is 54.9 Å². The third-order valence-electron chi connectivity index (χ3n) is 3.09. The lowest BCUT2D eigenvalue weighted by atomic mass is 10.1. The van der Waals surface area contributed by atoms with Gasteiger partial charge in [-0.05, 0) is 17.7 Å². The molecule has 1 heterocycles. The van der Waals surface area contributed by atoms with Crippen LogP contribution >= 0.6 is 0 Å². The number of hydrogen-bond donors (Lipinski definition) is 1. The Hall–Kier alpha value is -1.92. The van der Waals surface area contributed by atoms with Gasteiger partial charge in [0.05, 0.1) is 25.4 Å². The highest BCUT2D eigenvalue weighted by Gasteiger charge is 2.25. The highest BCUT2D eigenvalue weighted by Crippen LogP contribution is 2.10. The molecule has 2 rings (SSSR count). The van der Waals surface area contributed by atoms with E-state index in [9.17, 15) is 9.59 Å². The summed E-state index contributed by atoms with van der Waals surface area (Å²) >= 11 is 0. The van der Waals surface area contributed by atoms with Gasteiger partial charge in [0, 0.05) is 13.6 Å². The molecule has 1 N–H and O–H groups in total. The van der Waals surface area contributed by atoms with Crippen molar-refractivity contribution in [1.82, 2.24) is 4.90 Å². The molecule has 20 heavy (non-hydrogen) atoms. The van der Waals surface area contributed by atoms with Gasteiger partial charge in [-0.3, -0.25) is 4.79 Å². The predicted octanol–water partition coefficient (Wildman–Crippen LogP) is 0.759. The van der Waals surface area contributed by atoms with E-state index in [1.54, 1.807) is 24.1 Å². The molecule has 6 heteroatoms. The Morgan fingerprint density at radius 2 is 2.00 bits per heavy atom. The average Bonchev–Trinajstić information content (AvgIpc) is 2.48. The molecule has 0 aromatic heterocycles. The van der Waals surface area contributed by atoms with E-state index >= 15 is 0 Å². The molecule has 6 nitrogen and oxygen atoms in total. The average molecular weight is 279 g/mol. The topological polar surface area (TPSA) is 76.1 Å². The number of carbonyl (C=O) groups is 2. The summed E-state index contributed by atoms with van der Waals surface area (Å²) in [6.45, 7) is 1.63. The summed E-state index contributed by atoms with van der Waals surface area (Å²) < 4.78 is 10.6. The minimum Gasteiger partial charge on any atom is -0.478 e. The lowest BCUT2D eigenvalue weighted by molar-refractivity contribution is -0.157. The largest absolute Gasteiger partial charge is 0.478 e. The van der Waals surface area contributed by atoms with Crippen LogP contribution < -0.4 is 0 Å². The van der Waals surface area contributed by atoms with E-state index in [0.29, 0.717) is 19.8 Å². The molecular weight excluding hydrogens is 262 g/mol. The molecule has 0 aliphatic carbocycles. The van der Waals surface area contributed by atoms with E-state index in [4.69, 9.17) is 14.6 Å². The number of aromatic carboxylic acids is 1. The number of carboxylic acid groups (broad SMARTS) is 1. The Morgan fingerprint density at radius 1 is 1.30 bits per heavy atom. The van der Waals surface area contributed by atoms with Crippen LogP contribution in [0.3, 0.4) is 0 Å². The zero-order valence-corrected chi connectivity index (χ0v) is 11.2. The second-order valence-electron chi connectivity index (χ2n) is 4.63. The second kappa shape index (κ2) is 6.49. The SMILES string of the molecule is CN(Cc1ccc(C(=O)O)cc1)C(=O)C1COCCO1. The maximum absolute atomic E-state index is 12.1. The summed E-state index contributed by atoms with van der Waals surface area (Å²) in [5.41, 5.74) is 1.09. The fraction of sp³-hybridized carbons (Fsp3) is 0.429. The maximum Gasteiger partial charge on any atom is 0.335 e. The molecule has 108 valence electrons. The molecule has 1 aromatic carbocycles. The lowest BCUT2D eigenvalue weighted by Gasteiger charge is -2.26. The van der Waals surface area contributed by atoms with Crippen molar-refractivity contribution >= 4 is 11.9 Å². The highest BCUT2D eigenvalue weighted by molar-refractivity contribution is 5.87. The number of carboxylic acids is 1. The number of carbonyl (C=O) groups excluding carboxylic acids is 1. The minimum atomic E-state index is -0.964. The van der Waals surface area contributed by atoms with E-state index in [1.165, 1.54) is 12.1 Å². The molecule has 1 atom stereocenters. The predicted molar refractivity (Wildman–Crippen MR) is 70.4 cm³/mol. The van der Waals surface area contributed by atoms with Crippen molar-refractivity contribution in [3.05, 3.63) is 35.4 Å². The fourth-order valence-electron chi connectivity index (χ4n) is 1.98. The molecule has 0 spiro atoms. The zero-order chi connectivity index (χ0) is 14.5. The quantitative estimate of drug-likeness (QED) is 0.880. The third-order valence-corrected chi connectivity index (χ3v) is 3.09. The van der Waals surface area contributed by atoms with Crippen molar-refractivity contribution in [3.63, 3.8) is 0 Å². The monoisotopic (exact) mass is 279 g/mol. The van der Waals surface area contributed by atoms with Gasteiger partial charge in [0.25, 0.3) is 5.91 Å². The molecule has 1 amide bonds. The molecule has 1 fully saturated rings.